The zero-order valence-corrected chi connectivity index (χ0v) is 14.7. The average Bonchev–Trinajstić information content (AvgIpc) is 3.23. The van der Waals surface area contributed by atoms with Crippen molar-refractivity contribution in [3.05, 3.63) is 35.2 Å². The van der Waals surface area contributed by atoms with Crippen LogP contribution in [0.25, 0.3) is 0 Å². The molecule has 1 aromatic carbocycles. The number of methoxy groups -OCH3 is 3. The smallest absolute Gasteiger partial charge is 0.164 e. The van der Waals surface area contributed by atoms with Gasteiger partial charge < -0.3 is 18.7 Å². The van der Waals surface area contributed by atoms with Crippen LogP contribution in [0.1, 0.15) is 35.9 Å². The van der Waals surface area contributed by atoms with Gasteiger partial charge in [0.1, 0.15) is 5.75 Å². The lowest BCUT2D eigenvalue weighted by Crippen LogP contribution is -2.22. The molecule has 0 aliphatic carbocycles. The summed E-state index contributed by atoms with van der Waals surface area (Å²) in [6, 6.07) is 6.13. The van der Waals surface area contributed by atoms with Crippen molar-refractivity contribution in [2.24, 2.45) is 0 Å². The first-order valence-electron chi connectivity index (χ1n) is 8.12. The normalized spacial score (nSPS) is 17.9. The summed E-state index contributed by atoms with van der Waals surface area (Å²) in [4.78, 5) is 2.39. The Balaban J connectivity index is 1.86. The number of likely N-dealkylation sites (tertiary alicyclic amines) is 1. The van der Waals surface area contributed by atoms with Crippen LogP contribution in [0, 0.1) is 6.92 Å². The lowest BCUT2D eigenvalue weighted by molar-refractivity contribution is 0.204. The fourth-order valence-corrected chi connectivity index (χ4v) is 3.31. The van der Waals surface area contributed by atoms with E-state index < -0.39 is 0 Å². The van der Waals surface area contributed by atoms with Gasteiger partial charge in [-0.1, -0.05) is 5.16 Å². The molecule has 6 heteroatoms. The number of nitrogens with zero attached hydrogens (tertiary/aromatic N) is 2. The van der Waals surface area contributed by atoms with Crippen molar-refractivity contribution in [1.29, 1.82) is 0 Å². The van der Waals surface area contributed by atoms with Gasteiger partial charge in [-0.25, -0.2) is 0 Å². The first kappa shape index (κ1) is 16.6. The Morgan fingerprint density at radius 2 is 1.79 bits per heavy atom. The number of ether oxygens (including phenoxy) is 3. The van der Waals surface area contributed by atoms with Crippen LogP contribution in [0.2, 0.25) is 0 Å². The maximum atomic E-state index is 5.54. The van der Waals surface area contributed by atoms with Gasteiger partial charge in [-0.05, 0) is 32.4 Å². The monoisotopic (exact) mass is 332 g/mol. The van der Waals surface area contributed by atoms with E-state index in [1.807, 2.05) is 25.1 Å². The molecule has 0 radical (unpaired) electrons. The Morgan fingerprint density at radius 1 is 1.08 bits per heavy atom. The molecule has 1 unspecified atom stereocenters. The predicted octanol–water partition coefficient (Wildman–Crippen LogP) is 3.35. The third-order valence-electron chi connectivity index (χ3n) is 4.50. The first-order valence-corrected chi connectivity index (χ1v) is 8.12. The number of hydrogen-bond acceptors (Lipinski definition) is 6. The molecular formula is C18H24N2O4. The van der Waals surface area contributed by atoms with E-state index in [-0.39, 0.29) is 6.04 Å². The first-order chi connectivity index (χ1) is 11.7. The molecule has 6 nitrogen and oxygen atoms in total. The maximum absolute atomic E-state index is 5.54. The summed E-state index contributed by atoms with van der Waals surface area (Å²) in [5, 5.41) is 4.02. The van der Waals surface area contributed by atoms with Gasteiger partial charge >= 0.3 is 0 Å². The number of benzene rings is 1. The zero-order valence-electron chi connectivity index (χ0n) is 14.7. The minimum absolute atomic E-state index is 0.254. The number of hydrogen-bond donors (Lipinski definition) is 0. The highest BCUT2D eigenvalue weighted by Gasteiger charge is 2.30. The molecule has 0 bridgehead atoms. The van der Waals surface area contributed by atoms with Gasteiger partial charge in [-0.2, -0.15) is 0 Å². The molecule has 1 atom stereocenters. The van der Waals surface area contributed by atoms with Crippen LogP contribution in [0.4, 0.5) is 0 Å². The Hall–Kier alpha value is -2.21. The Kier molecular flexibility index (Phi) is 4.94. The molecule has 2 heterocycles. The van der Waals surface area contributed by atoms with E-state index in [0.29, 0.717) is 11.5 Å². The third-order valence-corrected chi connectivity index (χ3v) is 4.50. The quantitative estimate of drug-likeness (QED) is 0.808. The molecule has 1 aromatic heterocycles. The molecule has 1 saturated heterocycles. The van der Waals surface area contributed by atoms with Crippen LogP contribution in [0.15, 0.2) is 22.7 Å². The fraction of sp³-hybridized carbons (Fsp3) is 0.500. The van der Waals surface area contributed by atoms with E-state index in [1.165, 1.54) is 0 Å². The highest BCUT2D eigenvalue weighted by molar-refractivity contribution is 5.50. The van der Waals surface area contributed by atoms with Gasteiger partial charge in [0.05, 0.1) is 33.1 Å². The fourth-order valence-electron chi connectivity index (χ4n) is 3.31. The molecule has 1 aliphatic rings. The molecule has 1 fully saturated rings. The molecule has 2 aromatic rings. The van der Waals surface area contributed by atoms with Crippen LogP contribution < -0.4 is 14.2 Å². The molecule has 130 valence electrons. The highest BCUT2D eigenvalue weighted by atomic mass is 16.5. The van der Waals surface area contributed by atoms with Crippen molar-refractivity contribution in [2.45, 2.75) is 32.4 Å². The molecular weight excluding hydrogens is 308 g/mol. The molecule has 1 aliphatic heterocycles. The van der Waals surface area contributed by atoms with Gasteiger partial charge in [0.15, 0.2) is 17.3 Å². The maximum Gasteiger partial charge on any atom is 0.164 e. The molecule has 24 heavy (non-hydrogen) atoms. The molecule has 0 spiro atoms. The molecule has 0 saturated carbocycles. The summed E-state index contributed by atoms with van der Waals surface area (Å²) in [7, 11) is 4.94. The van der Waals surface area contributed by atoms with Crippen LogP contribution in [0.5, 0.6) is 17.2 Å². The largest absolute Gasteiger partial charge is 0.496 e. The number of aryl methyl sites for hydroxylation is 1. The lowest BCUT2D eigenvalue weighted by Gasteiger charge is -2.24. The summed E-state index contributed by atoms with van der Waals surface area (Å²) in [6.07, 6.45) is 2.21. The topological polar surface area (TPSA) is 57.0 Å². The lowest BCUT2D eigenvalue weighted by atomic mass is 10.1. The Labute approximate surface area is 142 Å². The average molecular weight is 332 g/mol. The standard InChI is InChI=1S/C18H24N2O4/c1-12-8-16(24-19-12)14-6-5-7-20(14)11-13-9-17(22-3)18(23-4)10-15(13)21-2/h8-10,14H,5-7,11H2,1-4H3. The van der Waals surface area contributed by atoms with Gasteiger partial charge in [0.2, 0.25) is 0 Å². The Bertz CT molecular complexity index is 698. The van der Waals surface area contributed by atoms with Gasteiger partial charge in [0.25, 0.3) is 0 Å². The SMILES string of the molecule is COc1cc(OC)c(OC)cc1CN1CCCC1c1cc(C)no1. The summed E-state index contributed by atoms with van der Waals surface area (Å²) in [6.45, 7) is 3.72. The van der Waals surface area contributed by atoms with E-state index in [9.17, 15) is 0 Å². The summed E-state index contributed by atoms with van der Waals surface area (Å²) in [5.74, 6) is 3.11. The van der Waals surface area contributed by atoms with Crippen LogP contribution in [-0.4, -0.2) is 37.9 Å². The van der Waals surface area contributed by atoms with Crippen LogP contribution in [0.3, 0.4) is 0 Å². The van der Waals surface area contributed by atoms with Crippen LogP contribution in [-0.2, 0) is 6.54 Å². The van der Waals surface area contributed by atoms with Crippen molar-refractivity contribution in [3.63, 3.8) is 0 Å². The summed E-state index contributed by atoms with van der Waals surface area (Å²) >= 11 is 0. The molecule has 0 N–H and O–H groups in total. The van der Waals surface area contributed by atoms with Crippen molar-refractivity contribution in [2.75, 3.05) is 27.9 Å². The summed E-state index contributed by atoms with van der Waals surface area (Å²) in [5.41, 5.74) is 1.99. The van der Waals surface area contributed by atoms with Crippen molar-refractivity contribution >= 4 is 0 Å². The number of aromatic nitrogens is 1. The molecule has 0 amide bonds. The van der Waals surface area contributed by atoms with Crippen LogP contribution >= 0.6 is 0 Å². The van der Waals surface area contributed by atoms with Crippen molar-refractivity contribution in [3.8, 4) is 17.2 Å². The minimum atomic E-state index is 0.254. The number of rotatable bonds is 6. The zero-order chi connectivity index (χ0) is 17.1. The van der Waals surface area contributed by atoms with Crippen molar-refractivity contribution < 1.29 is 18.7 Å². The van der Waals surface area contributed by atoms with Gasteiger partial charge in [-0.3, -0.25) is 4.90 Å². The second-order valence-electron chi connectivity index (χ2n) is 6.02. The van der Waals surface area contributed by atoms with E-state index in [2.05, 4.69) is 10.1 Å². The summed E-state index contributed by atoms with van der Waals surface area (Å²) < 4.78 is 21.8. The predicted molar refractivity (Wildman–Crippen MR) is 89.7 cm³/mol. The van der Waals surface area contributed by atoms with Gasteiger partial charge in [-0.15, -0.1) is 0 Å². The van der Waals surface area contributed by atoms with E-state index in [0.717, 1.165) is 48.7 Å². The van der Waals surface area contributed by atoms with E-state index in [4.69, 9.17) is 18.7 Å². The van der Waals surface area contributed by atoms with E-state index in [1.54, 1.807) is 21.3 Å². The molecule has 3 rings (SSSR count). The minimum Gasteiger partial charge on any atom is -0.496 e. The van der Waals surface area contributed by atoms with Crippen molar-refractivity contribution in [1.82, 2.24) is 10.1 Å². The second-order valence-corrected chi connectivity index (χ2v) is 6.02. The second kappa shape index (κ2) is 7.13. The Morgan fingerprint density at radius 3 is 2.42 bits per heavy atom. The third kappa shape index (κ3) is 3.19. The van der Waals surface area contributed by atoms with Gasteiger partial charge in [0, 0.05) is 24.2 Å². The highest BCUT2D eigenvalue weighted by Crippen LogP contribution is 2.38. The van der Waals surface area contributed by atoms with E-state index >= 15 is 0 Å².